The van der Waals surface area contributed by atoms with Crippen LogP contribution in [0.2, 0.25) is 0 Å². The van der Waals surface area contributed by atoms with E-state index in [0.717, 1.165) is 6.26 Å². The maximum atomic E-state index is 10.9. The van der Waals surface area contributed by atoms with Crippen molar-refractivity contribution in [1.82, 2.24) is 0 Å². The Morgan fingerprint density at radius 1 is 1.41 bits per heavy atom. The van der Waals surface area contributed by atoms with Gasteiger partial charge in [0.1, 0.15) is 17.6 Å². The zero-order valence-corrected chi connectivity index (χ0v) is 9.34. The molecule has 1 aromatic heterocycles. The number of carbonyl (C=O) groups is 1. The molecule has 0 aliphatic heterocycles. The molecule has 1 aromatic carbocycles. The first-order chi connectivity index (χ1) is 8.27. The number of aromatic hydroxyl groups is 1. The van der Waals surface area contributed by atoms with Crippen molar-refractivity contribution in [2.24, 2.45) is 0 Å². The minimum Gasteiger partial charge on any atom is -0.504 e. The highest BCUT2D eigenvalue weighted by Gasteiger charge is 2.17. The van der Waals surface area contributed by atoms with Crippen LogP contribution in [0.1, 0.15) is 17.3 Å². The minimum atomic E-state index is -0.165. The van der Waals surface area contributed by atoms with E-state index in [1.54, 1.807) is 12.1 Å². The number of para-hydroxylation sites is 1. The summed E-state index contributed by atoms with van der Waals surface area (Å²) in [6.07, 6.45) is 1.71. The van der Waals surface area contributed by atoms with Gasteiger partial charge in [-0.25, -0.2) is 0 Å². The van der Waals surface area contributed by atoms with E-state index in [-0.39, 0.29) is 11.3 Å². The Morgan fingerprint density at radius 3 is 2.88 bits per heavy atom. The van der Waals surface area contributed by atoms with E-state index >= 15 is 0 Å². The molecule has 0 spiro atoms. The summed E-state index contributed by atoms with van der Waals surface area (Å²) in [5, 5.41) is 9.45. The third-order valence-electron chi connectivity index (χ3n) is 2.36. The van der Waals surface area contributed by atoms with E-state index in [9.17, 15) is 9.90 Å². The normalized spacial score (nSPS) is 10.2. The predicted molar refractivity (Wildman–Crippen MR) is 62.4 cm³/mol. The summed E-state index contributed by atoms with van der Waals surface area (Å²) in [5.41, 5.74) is 0.786. The Morgan fingerprint density at radius 2 is 2.18 bits per heavy atom. The monoisotopic (exact) mass is 232 g/mol. The molecule has 0 atom stereocenters. The molecule has 0 aliphatic carbocycles. The van der Waals surface area contributed by atoms with Gasteiger partial charge in [0, 0.05) is 0 Å². The lowest BCUT2D eigenvalue weighted by atomic mass is 10.1. The van der Waals surface area contributed by atoms with Gasteiger partial charge in [-0.2, -0.15) is 0 Å². The Labute approximate surface area is 98.4 Å². The molecule has 2 rings (SSSR count). The van der Waals surface area contributed by atoms with Crippen molar-refractivity contribution in [3.8, 4) is 22.8 Å². The van der Waals surface area contributed by atoms with Crippen LogP contribution in [0.3, 0.4) is 0 Å². The van der Waals surface area contributed by atoms with E-state index in [1.165, 1.54) is 0 Å². The first-order valence-electron chi connectivity index (χ1n) is 5.25. The molecule has 4 heteroatoms. The summed E-state index contributed by atoms with van der Waals surface area (Å²) >= 11 is 0. The van der Waals surface area contributed by atoms with Crippen LogP contribution in [0.25, 0.3) is 11.3 Å². The Balaban J connectivity index is 2.55. The lowest BCUT2D eigenvalue weighted by Gasteiger charge is -2.07. The molecule has 0 amide bonds. The third kappa shape index (κ3) is 2.01. The van der Waals surface area contributed by atoms with Crippen molar-refractivity contribution < 1.29 is 19.1 Å². The molecule has 1 heterocycles. The fourth-order valence-corrected chi connectivity index (χ4v) is 1.62. The van der Waals surface area contributed by atoms with Gasteiger partial charge in [-0.05, 0) is 19.1 Å². The molecule has 0 fully saturated rings. The van der Waals surface area contributed by atoms with E-state index in [4.69, 9.17) is 9.15 Å². The van der Waals surface area contributed by atoms with Gasteiger partial charge in [0.15, 0.2) is 17.8 Å². The molecule has 0 aliphatic rings. The largest absolute Gasteiger partial charge is 0.504 e. The Bertz CT molecular complexity index is 528. The van der Waals surface area contributed by atoms with Gasteiger partial charge in [0.05, 0.1) is 12.2 Å². The number of carbonyl (C=O) groups excluding carboxylic acids is 1. The number of hydrogen-bond acceptors (Lipinski definition) is 4. The third-order valence-corrected chi connectivity index (χ3v) is 2.36. The molecular weight excluding hydrogens is 220 g/mol. The second-order valence-electron chi connectivity index (χ2n) is 3.41. The quantitative estimate of drug-likeness (QED) is 0.823. The van der Waals surface area contributed by atoms with E-state index in [2.05, 4.69) is 0 Å². The van der Waals surface area contributed by atoms with Gasteiger partial charge in [0.25, 0.3) is 0 Å². The van der Waals surface area contributed by atoms with Crippen molar-refractivity contribution in [2.45, 2.75) is 6.92 Å². The second kappa shape index (κ2) is 4.74. The van der Waals surface area contributed by atoms with Crippen LogP contribution >= 0.6 is 0 Å². The summed E-state index contributed by atoms with van der Waals surface area (Å²) in [6, 6.07) is 7.20. The van der Waals surface area contributed by atoms with Crippen LogP contribution in [0.5, 0.6) is 11.5 Å². The highest BCUT2D eigenvalue weighted by molar-refractivity contribution is 5.89. The zero-order valence-electron chi connectivity index (χ0n) is 9.34. The average Bonchev–Trinajstić information content (AvgIpc) is 2.71. The van der Waals surface area contributed by atoms with E-state index in [1.807, 2.05) is 19.1 Å². The molecule has 1 N–H and O–H groups in total. The summed E-state index contributed by atoms with van der Waals surface area (Å²) in [6.45, 7) is 2.39. The molecule has 0 bridgehead atoms. The van der Waals surface area contributed by atoms with Gasteiger partial charge in [-0.3, -0.25) is 4.79 Å². The van der Waals surface area contributed by atoms with Crippen molar-refractivity contribution in [3.63, 3.8) is 0 Å². The molecule has 88 valence electrons. The van der Waals surface area contributed by atoms with Gasteiger partial charge in [0.2, 0.25) is 0 Å². The molecular formula is C13H12O4. The lowest BCUT2D eigenvalue weighted by molar-refractivity contribution is 0.112. The van der Waals surface area contributed by atoms with Crippen molar-refractivity contribution in [1.29, 1.82) is 0 Å². The molecule has 2 aromatic rings. The summed E-state index contributed by atoms with van der Waals surface area (Å²) in [7, 11) is 0. The average molecular weight is 232 g/mol. The molecule has 0 saturated carbocycles. The number of ether oxygens (including phenoxy) is 1. The highest BCUT2D eigenvalue weighted by atomic mass is 16.5. The zero-order chi connectivity index (χ0) is 12.3. The SMILES string of the molecule is CCOc1ccccc1-c1occ(O)c1C=O. The van der Waals surface area contributed by atoms with Crippen LogP contribution in [0, 0.1) is 0 Å². The topological polar surface area (TPSA) is 59.7 Å². The summed E-state index contributed by atoms with van der Waals surface area (Å²) in [4.78, 5) is 10.9. The van der Waals surface area contributed by atoms with Crippen LogP contribution < -0.4 is 4.74 Å². The fourth-order valence-electron chi connectivity index (χ4n) is 1.62. The number of rotatable bonds is 4. The number of hydrogen-bond donors (Lipinski definition) is 1. The highest BCUT2D eigenvalue weighted by Crippen LogP contribution is 2.36. The van der Waals surface area contributed by atoms with Gasteiger partial charge in [-0.15, -0.1) is 0 Å². The van der Waals surface area contributed by atoms with Crippen LogP contribution in [-0.4, -0.2) is 18.0 Å². The lowest BCUT2D eigenvalue weighted by Crippen LogP contribution is -1.94. The molecule has 4 nitrogen and oxygen atoms in total. The first-order valence-corrected chi connectivity index (χ1v) is 5.25. The van der Waals surface area contributed by atoms with Crippen molar-refractivity contribution in [3.05, 3.63) is 36.1 Å². The van der Waals surface area contributed by atoms with Gasteiger partial charge < -0.3 is 14.3 Å². The van der Waals surface area contributed by atoms with E-state index in [0.29, 0.717) is 30.0 Å². The molecule has 17 heavy (non-hydrogen) atoms. The molecule has 0 radical (unpaired) electrons. The summed E-state index contributed by atoms with van der Waals surface area (Å²) in [5.74, 6) is 0.773. The smallest absolute Gasteiger partial charge is 0.165 e. The second-order valence-corrected chi connectivity index (χ2v) is 3.41. The van der Waals surface area contributed by atoms with Crippen molar-refractivity contribution >= 4 is 6.29 Å². The van der Waals surface area contributed by atoms with Gasteiger partial charge >= 0.3 is 0 Å². The maximum absolute atomic E-state index is 10.9. The summed E-state index contributed by atoms with van der Waals surface area (Å²) < 4.78 is 10.6. The Hall–Kier alpha value is -2.23. The molecule has 0 saturated heterocycles. The first kappa shape index (κ1) is 11.3. The number of benzene rings is 1. The van der Waals surface area contributed by atoms with Crippen LogP contribution in [-0.2, 0) is 0 Å². The van der Waals surface area contributed by atoms with E-state index < -0.39 is 0 Å². The van der Waals surface area contributed by atoms with Crippen LogP contribution in [0.15, 0.2) is 34.9 Å². The minimum absolute atomic E-state index is 0.136. The standard InChI is InChI=1S/C13H12O4/c1-2-16-12-6-4-3-5-9(12)13-10(7-14)11(15)8-17-13/h3-8,15H,2H2,1H3. The van der Waals surface area contributed by atoms with Gasteiger partial charge in [-0.1, -0.05) is 12.1 Å². The van der Waals surface area contributed by atoms with Crippen LogP contribution in [0.4, 0.5) is 0 Å². The molecule has 0 unspecified atom stereocenters. The maximum Gasteiger partial charge on any atom is 0.165 e. The number of furan rings is 1. The number of aldehydes is 1. The fraction of sp³-hybridized carbons (Fsp3) is 0.154. The van der Waals surface area contributed by atoms with Crippen molar-refractivity contribution in [2.75, 3.05) is 6.61 Å². The Kier molecular flexibility index (Phi) is 3.14. The predicted octanol–water partition coefficient (Wildman–Crippen LogP) is 2.86.